The summed E-state index contributed by atoms with van der Waals surface area (Å²) in [6.07, 6.45) is -0.157. The van der Waals surface area contributed by atoms with Gasteiger partial charge in [-0.1, -0.05) is 83.2 Å². The van der Waals surface area contributed by atoms with Crippen LogP contribution >= 0.6 is 15.9 Å². The van der Waals surface area contributed by atoms with Crippen LogP contribution in [0.5, 0.6) is 0 Å². The molecular formula is C22H18BrNO. The Morgan fingerprint density at radius 3 is 2.00 bits per heavy atom. The molecule has 3 aromatic rings. The van der Waals surface area contributed by atoms with Gasteiger partial charge in [0.15, 0.2) is 0 Å². The van der Waals surface area contributed by atoms with Crippen molar-refractivity contribution in [3.8, 4) is 0 Å². The fourth-order valence-electron chi connectivity index (χ4n) is 3.22. The fourth-order valence-corrected chi connectivity index (χ4v) is 3.48. The Morgan fingerprint density at radius 2 is 1.36 bits per heavy atom. The molecule has 3 aromatic carbocycles. The maximum absolute atomic E-state index is 6.37. The fraction of sp³-hybridized carbons (Fsp3) is 0.0909. The van der Waals surface area contributed by atoms with Crippen LogP contribution in [0.15, 0.2) is 102 Å². The molecule has 0 radical (unpaired) electrons. The van der Waals surface area contributed by atoms with Gasteiger partial charge < -0.3 is 0 Å². The topological polar surface area (TPSA) is 12.5 Å². The van der Waals surface area contributed by atoms with Crippen molar-refractivity contribution in [2.75, 3.05) is 5.06 Å². The molecule has 3 heteroatoms. The number of nitrogens with zero attached hydrogens (tertiary/aromatic N) is 1. The number of para-hydroxylation sites is 1. The van der Waals surface area contributed by atoms with E-state index >= 15 is 0 Å². The summed E-state index contributed by atoms with van der Waals surface area (Å²) >= 11 is 3.51. The molecule has 2 unspecified atom stereocenters. The Hall–Kier alpha value is -2.36. The third-order valence-electron chi connectivity index (χ3n) is 4.44. The average molecular weight is 392 g/mol. The molecule has 0 aliphatic carbocycles. The lowest BCUT2D eigenvalue weighted by atomic mass is 9.93. The third-order valence-corrected chi connectivity index (χ3v) is 4.97. The van der Waals surface area contributed by atoms with E-state index < -0.39 is 0 Å². The Kier molecular flexibility index (Phi) is 4.43. The highest BCUT2D eigenvalue weighted by atomic mass is 79.9. The molecule has 0 saturated carbocycles. The van der Waals surface area contributed by atoms with Gasteiger partial charge in [0.1, 0.15) is 12.1 Å². The highest BCUT2D eigenvalue weighted by molar-refractivity contribution is 9.10. The monoisotopic (exact) mass is 391 g/mol. The van der Waals surface area contributed by atoms with E-state index in [0.717, 1.165) is 26.9 Å². The Labute approximate surface area is 156 Å². The minimum Gasteiger partial charge on any atom is -0.260 e. The maximum atomic E-state index is 6.37. The van der Waals surface area contributed by atoms with E-state index in [9.17, 15) is 0 Å². The lowest BCUT2D eigenvalue weighted by Crippen LogP contribution is -2.21. The molecule has 124 valence electrons. The van der Waals surface area contributed by atoms with Crippen LogP contribution in [0, 0.1) is 0 Å². The van der Waals surface area contributed by atoms with E-state index in [-0.39, 0.29) is 12.1 Å². The second-order valence-electron chi connectivity index (χ2n) is 6.09. The summed E-state index contributed by atoms with van der Waals surface area (Å²) < 4.78 is 1.06. The number of hydroxylamine groups is 1. The first kappa shape index (κ1) is 16.1. The first-order valence-electron chi connectivity index (χ1n) is 8.24. The number of benzene rings is 3. The quantitative estimate of drug-likeness (QED) is 0.489. The molecule has 1 fully saturated rings. The van der Waals surface area contributed by atoms with Gasteiger partial charge in [-0.05, 0) is 41.0 Å². The summed E-state index contributed by atoms with van der Waals surface area (Å²) in [5.41, 5.74) is 4.34. The van der Waals surface area contributed by atoms with Gasteiger partial charge in [0, 0.05) is 4.47 Å². The molecule has 25 heavy (non-hydrogen) atoms. The van der Waals surface area contributed by atoms with Gasteiger partial charge in [-0.25, -0.2) is 5.06 Å². The molecule has 2 nitrogen and oxygen atoms in total. The Morgan fingerprint density at radius 1 is 0.760 bits per heavy atom. The van der Waals surface area contributed by atoms with Gasteiger partial charge in [0.2, 0.25) is 0 Å². The summed E-state index contributed by atoms with van der Waals surface area (Å²) in [6, 6.07) is 28.8. The van der Waals surface area contributed by atoms with E-state index in [0.29, 0.717) is 0 Å². The minimum atomic E-state index is -0.157. The summed E-state index contributed by atoms with van der Waals surface area (Å²) in [5.74, 6) is 0. The Balaban J connectivity index is 1.77. The van der Waals surface area contributed by atoms with Crippen molar-refractivity contribution >= 4 is 21.6 Å². The standard InChI is InChI=1S/C22H18BrNO/c1-16-21(17-12-14-19(23)15-13-17)24(20-10-6-3-7-11-20)25-22(16)18-8-4-2-5-9-18/h2-15,21-22H,1H2. The number of hydrogen-bond acceptors (Lipinski definition) is 2. The molecule has 1 aliphatic rings. The summed E-state index contributed by atoms with van der Waals surface area (Å²) in [5, 5.41) is 1.98. The summed E-state index contributed by atoms with van der Waals surface area (Å²) in [7, 11) is 0. The molecule has 1 saturated heterocycles. The zero-order chi connectivity index (χ0) is 17.2. The zero-order valence-corrected chi connectivity index (χ0v) is 15.3. The predicted molar refractivity (Wildman–Crippen MR) is 105 cm³/mol. The molecule has 0 N–H and O–H groups in total. The van der Waals surface area contributed by atoms with Crippen LogP contribution < -0.4 is 5.06 Å². The van der Waals surface area contributed by atoms with Gasteiger partial charge in [-0.2, -0.15) is 0 Å². The second kappa shape index (κ2) is 6.87. The minimum absolute atomic E-state index is 0.0271. The van der Waals surface area contributed by atoms with Crippen molar-refractivity contribution in [1.82, 2.24) is 0 Å². The third kappa shape index (κ3) is 3.13. The summed E-state index contributed by atoms with van der Waals surface area (Å²) in [6.45, 7) is 4.39. The lowest BCUT2D eigenvalue weighted by Gasteiger charge is -2.25. The maximum Gasteiger partial charge on any atom is 0.134 e. The van der Waals surface area contributed by atoms with Gasteiger partial charge >= 0.3 is 0 Å². The molecule has 4 rings (SSSR count). The van der Waals surface area contributed by atoms with Gasteiger partial charge in [-0.15, -0.1) is 0 Å². The number of anilines is 1. The van der Waals surface area contributed by atoms with Crippen molar-refractivity contribution in [2.24, 2.45) is 0 Å². The van der Waals surface area contributed by atoms with Crippen molar-refractivity contribution < 1.29 is 4.84 Å². The molecule has 1 heterocycles. The molecule has 0 spiro atoms. The van der Waals surface area contributed by atoms with Crippen molar-refractivity contribution in [3.05, 3.63) is 113 Å². The zero-order valence-electron chi connectivity index (χ0n) is 13.7. The second-order valence-corrected chi connectivity index (χ2v) is 7.00. The number of rotatable bonds is 3. The van der Waals surface area contributed by atoms with Crippen molar-refractivity contribution in [3.63, 3.8) is 0 Å². The predicted octanol–water partition coefficient (Wildman–Crippen LogP) is 6.24. The van der Waals surface area contributed by atoms with Crippen LogP contribution in [-0.4, -0.2) is 0 Å². The normalized spacial score (nSPS) is 20.0. The molecule has 0 amide bonds. The number of halogens is 1. The van der Waals surface area contributed by atoms with E-state index in [1.807, 2.05) is 41.5 Å². The Bertz CT molecular complexity index is 862. The lowest BCUT2D eigenvalue weighted by molar-refractivity contribution is 0.0928. The van der Waals surface area contributed by atoms with Crippen LogP contribution in [0.3, 0.4) is 0 Å². The first-order valence-corrected chi connectivity index (χ1v) is 9.03. The molecule has 1 aliphatic heterocycles. The molecular weight excluding hydrogens is 374 g/mol. The SMILES string of the molecule is C=C1C(c2ccccc2)ON(c2ccccc2)C1c1ccc(Br)cc1. The van der Waals surface area contributed by atoms with Crippen molar-refractivity contribution in [1.29, 1.82) is 0 Å². The smallest absolute Gasteiger partial charge is 0.134 e. The summed E-state index contributed by atoms with van der Waals surface area (Å²) in [4.78, 5) is 6.37. The van der Waals surface area contributed by atoms with Gasteiger partial charge in [-0.3, -0.25) is 4.84 Å². The number of hydrogen-bond donors (Lipinski definition) is 0. The van der Waals surface area contributed by atoms with E-state index in [1.54, 1.807) is 0 Å². The van der Waals surface area contributed by atoms with E-state index in [2.05, 4.69) is 71.0 Å². The van der Waals surface area contributed by atoms with Crippen LogP contribution in [0.25, 0.3) is 0 Å². The molecule has 0 aromatic heterocycles. The highest BCUT2D eigenvalue weighted by Crippen LogP contribution is 2.47. The highest BCUT2D eigenvalue weighted by Gasteiger charge is 2.39. The van der Waals surface area contributed by atoms with Gasteiger partial charge in [0.25, 0.3) is 0 Å². The van der Waals surface area contributed by atoms with Crippen molar-refractivity contribution in [2.45, 2.75) is 12.1 Å². The van der Waals surface area contributed by atoms with Crippen LogP contribution in [0.1, 0.15) is 23.3 Å². The van der Waals surface area contributed by atoms with E-state index in [4.69, 9.17) is 4.84 Å². The van der Waals surface area contributed by atoms with Crippen LogP contribution in [0.4, 0.5) is 5.69 Å². The molecule has 0 bridgehead atoms. The largest absolute Gasteiger partial charge is 0.260 e. The van der Waals surface area contributed by atoms with E-state index in [1.165, 1.54) is 0 Å². The molecule has 2 atom stereocenters. The van der Waals surface area contributed by atoms with Crippen LogP contribution in [0.2, 0.25) is 0 Å². The van der Waals surface area contributed by atoms with Crippen LogP contribution in [-0.2, 0) is 4.84 Å². The average Bonchev–Trinajstić information content (AvgIpc) is 3.01. The first-order chi connectivity index (χ1) is 12.2. The van der Waals surface area contributed by atoms with Gasteiger partial charge in [0.05, 0.1) is 5.69 Å².